The molecule has 1 aromatic heterocycles. The number of allylic oxidation sites excluding steroid dienone is 1. The molecule has 1 N–H and O–H groups in total. The largest absolute Gasteiger partial charge is 0.493 e. The first kappa shape index (κ1) is 35.4. The number of amides is 1. The van der Waals surface area contributed by atoms with E-state index in [1.807, 2.05) is 0 Å². The molecule has 0 fully saturated rings. The molecule has 1 atom stereocenters. The van der Waals surface area contributed by atoms with Gasteiger partial charge in [-0.05, 0) is 55.3 Å². The lowest BCUT2D eigenvalue weighted by molar-refractivity contribution is -0.139. The summed E-state index contributed by atoms with van der Waals surface area (Å²) in [5.41, 5.74) is 2.56. The normalized spacial score (nSPS) is 15.7. The molecule has 2 aliphatic rings. The number of para-hydroxylation sites is 1. The van der Waals surface area contributed by atoms with Crippen LogP contribution >= 0.6 is 11.3 Å². The number of hydrogen-bond acceptors (Lipinski definition) is 10. The van der Waals surface area contributed by atoms with Gasteiger partial charge < -0.3 is 24.2 Å². The zero-order valence-electron chi connectivity index (χ0n) is 27.7. The highest BCUT2D eigenvalue weighted by Crippen LogP contribution is 2.38. The Morgan fingerprint density at radius 3 is 2.32 bits per heavy atom. The molecule has 0 spiro atoms. The van der Waals surface area contributed by atoms with Crippen LogP contribution in [0.2, 0.25) is 0 Å². The van der Waals surface area contributed by atoms with Crippen molar-refractivity contribution in [2.24, 2.45) is 4.99 Å². The second-order valence-corrected chi connectivity index (χ2v) is 12.0. The third kappa shape index (κ3) is 6.96. The fraction of sp³-hybridized carbons (Fsp3) is 0.222. The molecule has 1 amide bonds. The van der Waals surface area contributed by atoms with Crippen LogP contribution in [-0.4, -0.2) is 47.2 Å². The summed E-state index contributed by atoms with van der Waals surface area (Å²) in [6.07, 6.45) is 0. The Hall–Kier alpha value is -5.89. The van der Waals surface area contributed by atoms with Crippen molar-refractivity contribution < 1.29 is 42.9 Å². The van der Waals surface area contributed by atoms with E-state index in [0.717, 1.165) is 18.3 Å². The summed E-state index contributed by atoms with van der Waals surface area (Å²) in [7, 11) is 1.41. The van der Waals surface area contributed by atoms with Crippen molar-refractivity contribution in [3.05, 3.63) is 120 Å². The number of halogens is 1. The summed E-state index contributed by atoms with van der Waals surface area (Å²) < 4.78 is 31.2. The van der Waals surface area contributed by atoms with E-state index in [-0.39, 0.29) is 56.9 Å². The van der Waals surface area contributed by atoms with E-state index in [1.165, 1.54) is 36.8 Å². The van der Waals surface area contributed by atoms with Crippen molar-refractivity contribution in [3.8, 4) is 11.5 Å². The van der Waals surface area contributed by atoms with E-state index >= 15 is 0 Å². The molecular weight excluding hydrogens is 669 g/mol. The van der Waals surface area contributed by atoms with E-state index < -0.39 is 29.5 Å². The fourth-order valence-corrected chi connectivity index (χ4v) is 6.82. The first-order chi connectivity index (χ1) is 23.9. The number of anilines is 1. The monoisotopic (exact) mass is 701 g/mol. The smallest absolute Gasteiger partial charge is 0.338 e. The van der Waals surface area contributed by atoms with E-state index in [1.54, 1.807) is 67.3 Å². The molecule has 0 saturated heterocycles. The molecule has 0 radical (unpaired) electrons. The number of nitrogens with zero attached hydrogens (tertiary/aromatic N) is 3. The van der Waals surface area contributed by atoms with Crippen LogP contribution in [0.5, 0.6) is 11.5 Å². The Morgan fingerprint density at radius 2 is 1.68 bits per heavy atom. The molecule has 0 saturated carbocycles. The maximum Gasteiger partial charge on any atom is 0.338 e. The van der Waals surface area contributed by atoms with Crippen molar-refractivity contribution in [1.29, 1.82) is 0 Å². The predicted molar refractivity (Wildman–Crippen MR) is 181 cm³/mol. The van der Waals surface area contributed by atoms with Gasteiger partial charge in [0.15, 0.2) is 16.3 Å². The maximum absolute atomic E-state index is 14.4. The van der Waals surface area contributed by atoms with Crippen molar-refractivity contribution in [2.75, 3.05) is 18.6 Å². The van der Waals surface area contributed by atoms with Crippen LogP contribution in [0.25, 0.3) is 5.57 Å². The Kier molecular flexibility index (Phi) is 10.4. The number of hydrogen-bond donors (Lipinski definition) is 1. The number of carbonyl (C=O) groups is 4. The minimum atomic E-state index is -0.994. The fourth-order valence-electron chi connectivity index (χ4n) is 5.68. The molecule has 12 nitrogen and oxygen atoms in total. The molecule has 258 valence electrons. The predicted octanol–water partition coefficient (Wildman–Crippen LogP) is 3.88. The van der Waals surface area contributed by atoms with Gasteiger partial charge in [0, 0.05) is 19.4 Å². The molecule has 14 heteroatoms. The number of fused-ring (bicyclic) bond motifs is 2. The number of rotatable bonds is 7. The molecule has 4 aromatic rings. The van der Waals surface area contributed by atoms with Gasteiger partial charge in [-0.3, -0.25) is 23.7 Å². The lowest BCUT2D eigenvalue weighted by Gasteiger charge is -2.25. The third-order valence-corrected chi connectivity index (χ3v) is 8.71. The number of esters is 2. The van der Waals surface area contributed by atoms with Crippen LogP contribution in [0.1, 0.15) is 50.4 Å². The molecule has 3 heterocycles. The summed E-state index contributed by atoms with van der Waals surface area (Å²) in [6, 6.07) is 16.8. The molecule has 0 bridgehead atoms. The Balaban J connectivity index is 0.00000115. The van der Waals surface area contributed by atoms with E-state index in [4.69, 9.17) is 24.1 Å². The lowest BCUT2D eigenvalue weighted by Crippen LogP contribution is -2.41. The van der Waals surface area contributed by atoms with Crippen LogP contribution in [0.15, 0.2) is 87.8 Å². The number of ether oxygens (including phenoxy) is 3. The number of carbonyl (C=O) groups excluding carboxylic acids is 3. The number of aliphatic carboxylic acids is 1. The number of thiazole rings is 1. The highest BCUT2D eigenvalue weighted by Gasteiger charge is 2.37. The number of benzene rings is 3. The van der Waals surface area contributed by atoms with Crippen LogP contribution in [0, 0.1) is 5.82 Å². The van der Waals surface area contributed by atoms with Crippen LogP contribution in [0.4, 0.5) is 10.1 Å². The van der Waals surface area contributed by atoms with Crippen molar-refractivity contribution >= 4 is 46.4 Å². The van der Waals surface area contributed by atoms with Gasteiger partial charge in [-0.1, -0.05) is 47.7 Å². The van der Waals surface area contributed by atoms with Gasteiger partial charge in [-0.2, -0.15) is 0 Å². The lowest BCUT2D eigenvalue weighted by atomic mass is 9.95. The van der Waals surface area contributed by atoms with Gasteiger partial charge in [-0.15, -0.1) is 0 Å². The standard InChI is InChI=1S/C34H28FN3O7S.C2H4O2/c1-5-44-33(42)27-18(2)36-34-38(29(27)21-12-15-25(45-19(3)39)26(16-21)43-4)32(41)30(46-34)28-23-8-6-7-9-24(23)37(31(28)40)17-20-10-13-22(35)14-11-20;1-2(3)4/h6-16,29H,5,17H2,1-4H3;1H3,(H,3,4). The second-order valence-electron chi connectivity index (χ2n) is 11.1. The number of carboxylic acids is 1. The molecule has 0 aliphatic carbocycles. The van der Waals surface area contributed by atoms with Crippen LogP contribution in [-0.2, 0) is 30.5 Å². The molecule has 6 rings (SSSR count). The quantitative estimate of drug-likeness (QED) is 0.223. The molecule has 3 aromatic carbocycles. The molecule has 50 heavy (non-hydrogen) atoms. The summed E-state index contributed by atoms with van der Waals surface area (Å²) in [6.45, 7) is 5.95. The minimum absolute atomic E-state index is 0.0980. The van der Waals surface area contributed by atoms with Gasteiger partial charge in [0.05, 0.1) is 48.8 Å². The third-order valence-electron chi connectivity index (χ3n) is 7.65. The van der Waals surface area contributed by atoms with Crippen molar-refractivity contribution in [3.63, 3.8) is 0 Å². The Morgan fingerprint density at radius 1 is 1.00 bits per heavy atom. The summed E-state index contributed by atoms with van der Waals surface area (Å²) in [5, 5.41) is 7.42. The van der Waals surface area contributed by atoms with Gasteiger partial charge in [-0.25, -0.2) is 14.2 Å². The highest BCUT2D eigenvalue weighted by molar-refractivity contribution is 7.07. The minimum Gasteiger partial charge on any atom is -0.493 e. The zero-order chi connectivity index (χ0) is 36.3. The summed E-state index contributed by atoms with van der Waals surface area (Å²) >= 11 is 1.05. The SMILES string of the molecule is CC(=O)O.CCOC(=O)C1=C(C)N=c2sc(=C3C(=O)N(Cc4ccc(F)cc4)c4ccccc43)c(=O)n2C1c1ccc(OC(C)=O)c(OC)c1. The average molecular weight is 702 g/mol. The van der Waals surface area contributed by atoms with E-state index in [0.29, 0.717) is 28.1 Å². The topological polar surface area (TPSA) is 154 Å². The van der Waals surface area contributed by atoms with Crippen molar-refractivity contribution in [2.45, 2.75) is 40.3 Å². The highest BCUT2D eigenvalue weighted by atomic mass is 32.1. The Bertz CT molecular complexity index is 2240. The van der Waals surface area contributed by atoms with Gasteiger partial charge >= 0.3 is 11.9 Å². The average Bonchev–Trinajstić information content (AvgIpc) is 3.52. The second kappa shape index (κ2) is 14.7. The number of methoxy groups -OCH3 is 1. The molecule has 1 unspecified atom stereocenters. The van der Waals surface area contributed by atoms with Gasteiger partial charge in [0.25, 0.3) is 17.4 Å². The summed E-state index contributed by atoms with van der Waals surface area (Å²) in [5.74, 6) is -2.42. The Labute approximate surface area is 289 Å². The zero-order valence-corrected chi connectivity index (χ0v) is 28.5. The van der Waals surface area contributed by atoms with Crippen LogP contribution in [0.3, 0.4) is 0 Å². The number of aromatic nitrogens is 1. The van der Waals surface area contributed by atoms with E-state index in [9.17, 15) is 23.6 Å². The van der Waals surface area contributed by atoms with Gasteiger partial charge in [0.1, 0.15) is 10.3 Å². The summed E-state index contributed by atoms with van der Waals surface area (Å²) in [4.78, 5) is 69.0. The molecule has 2 aliphatic heterocycles. The van der Waals surface area contributed by atoms with Crippen molar-refractivity contribution in [1.82, 2.24) is 4.57 Å². The molecular formula is C36H32FN3O9S. The number of carboxylic acid groups (broad SMARTS) is 1. The first-order valence-corrected chi connectivity index (χ1v) is 16.1. The maximum atomic E-state index is 14.4. The van der Waals surface area contributed by atoms with Gasteiger partial charge in [0.2, 0.25) is 0 Å². The van der Waals surface area contributed by atoms with E-state index in [2.05, 4.69) is 4.99 Å². The first-order valence-electron chi connectivity index (χ1n) is 15.3. The van der Waals surface area contributed by atoms with Crippen LogP contribution < -0.4 is 29.3 Å².